The van der Waals surface area contributed by atoms with Gasteiger partial charge in [-0.15, -0.1) is 0 Å². The highest BCUT2D eigenvalue weighted by Crippen LogP contribution is 2.24. The van der Waals surface area contributed by atoms with Crippen LogP contribution in [-0.2, 0) is 0 Å². The van der Waals surface area contributed by atoms with Gasteiger partial charge in [-0.2, -0.15) is 0 Å². The Labute approximate surface area is 153 Å². The van der Waals surface area contributed by atoms with Gasteiger partial charge in [-0.05, 0) is 42.8 Å². The van der Waals surface area contributed by atoms with Gasteiger partial charge in [0, 0.05) is 19.7 Å². The Bertz CT molecular complexity index is 1030. The first-order chi connectivity index (χ1) is 12.8. The predicted molar refractivity (Wildman–Crippen MR) is 95.2 cm³/mol. The fourth-order valence-corrected chi connectivity index (χ4v) is 2.52. The van der Waals surface area contributed by atoms with Gasteiger partial charge in [0.25, 0.3) is 12.3 Å². The molecule has 140 valence electrons. The Morgan fingerprint density at radius 2 is 1.81 bits per heavy atom. The molecule has 1 amide bonds. The third-order valence-electron chi connectivity index (χ3n) is 3.99. The molecule has 6 nitrogen and oxygen atoms in total. The van der Waals surface area contributed by atoms with Crippen LogP contribution < -0.4 is 4.74 Å². The van der Waals surface area contributed by atoms with E-state index in [4.69, 9.17) is 4.74 Å². The highest BCUT2D eigenvalue weighted by molar-refractivity contribution is 5.96. The summed E-state index contributed by atoms with van der Waals surface area (Å²) in [5, 5.41) is 0. The van der Waals surface area contributed by atoms with E-state index in [-0.39, 0.29) is 17.2 Å². The van der Waals surface area contributed by atoms with Crippen molar-refractivity contribution in [3.63, 3.8) is 0 Å². The van der Waals surface area contributed by atoms with Crippen LogP contribution in [0, 0.1) is 6.92 Å². The molecule has 1 heterocycles. The number of benzene rings is 2. The number of nitrogens with zero attached hydrogens (tertiary/aromatic N) is 2. The molecule has 0 radical (unpaired) electrons. The van der Waals surface area contributed by atoms with Crippen molar-refractivity contribution < 1.29 is 23.1 Å². The van der Waals surface area contributed by atoms with Crippen LogP contribution in [0.1, 0.15) is 38.5 Å². The minimum absolute atomic E-state index is 0.177. The first kappa shape index (κ1) is 18.5. The first-order valence-corrected chi connectivity index (χ1v) is 8.08. The molecule has 0 unspecified atom stereocenters. The minimum Gasteiger partial charge on any atom is -0.423 e. The molecule has 0 spiro atoms. The first-order valence-electron chi connectivity index (χ1n) is 8.08. The van der Waals surface area contributed by atoms with Gasteiger partial charge in [0.2, 0.25) is 0 Å². The predicted octanol–water partition coefficient (Wildman–Crippen LogP) is 3.73. The molecule has 3 rings (SSSR count). The van der Waals surface area contributed by atoms with Crippen molar-refractivity contribution in [3.8, 4) is 5.75 Å². The van der Waals surface area contributed by atoms with E-state index in [1.54, 1.807) is 33.2 Å². The van der Waals surface area contributed by atoms with Crippen molar-refractivity contribution in [2.75, 3.05) is 14.1 Å². The number of esters is 1. The smallest absolute Gasteiger partial charge is 0.343 e. The second kappa shape index (κ2) is 7.14. The zero-order valence-corrected chi connectivity index (χ0v) is 14.9. The minimum atomic E-state index is -2.73. The average Bonchev–Trinajstić information content (AvgIpc) is 3.06. The molecule has 8 heteroatoms. The number of amides is 1. The lowest BCUT2D eigenvalue weighted by molar-refractivity contribution is 0.0730. The van der Waals surface area contributed by atoms with Crippen LogP contribution in [0.2, 0.25) is 0 Å². The Morgan fingerprint density at radius 1 is 1.11 bits per heavy atom. The number of nitrogens with one attached hydrogen (secondary N) is 1. The van der Waals surface area contributed by atoms with Crippen LogP contribution in [0.5, 0.6) is 5.75 Å². The number of H-pyrrole nitrogens is 1. The lowest BCUT2D eigenvalue weighted by Crippen LogP contribution is -2.21. The summed E-state index contributed by atoms with van der Waals surface area (Å²) in [6.45, 7) is 1.75. The summed E-state index contributed by atoms with van der Waals surface area (Å²) in [4.78, 5) is 32.2. The van der Waals surface area contributed by atoms with Gasteiger partial charge in [0.15, 0.2) is 5.82 Å². The fourth-order valence-electron chi connectivity index (χ4n) is 2.52. The van der Waals surface area contributed by atoms with Crippen molar-refractivity contribution in [2.45, 2.75) is 13.3 Å². The van der Waals surface area contributed by atoms with Crippen LogP contribution in [0.25, 0.3) is 11.0 Å². The van der Waals surface area contributed by atoms with Crippen molar-refractivity contribution in [3.05, 3.63) is 58.9 Å². The van der Waals surface area contributed by atoms with E-state index in [1.165, 1.54) is 29.2 Å². The molecule has 0 aliphatic heterocycles. The molecule has 0 atom stereocenters. The Hall–Kier alpha value is -3.29. The summed E-state index contributed by atoms with van der Waals surface area (Å²) >= 11 is 0. The number of fused-ring (bicyclic) bond motifs is 1. The van der Waals surface area contributed by atoms with E-state index in [1.807, 2.05) is 0 Å². The molecule has 0 aliphatic carbocycles. The van der Waals surface area contributed by atoms with Crippen LogP contribution in [0.15, 0.2) is 36.4 Å². The number of aromatic nitrogens is 2. The molecule has 2 aromatic carbocycles. The summed E-state index contributed by atoms with van der Waals surface area (Å²) in [5.74, 6) is -1.08. The lowest BCUT2D eigenvalue weighted by atomic mass is 10.1. The molecule has 1 aromatic heterocycles. The monoisotopic (exact) mass is 373 g/mol. The summed E-state index contributed by atoms with van der Waals surface area (Å²) in [6.07, 6.45) is -2.73. The zero-order valence-electron chi connectivity index (χ0n) is 14.9. The van der Waals surface area contributed by atoms with Crippen molar-refractivity contribution in [2.24, 2.45) is 0 Å². The van der Waals surface area contributed by atoms with E-state index < -0.39 is 18.2 Å². The summed E-state index contributed by atoms with van der Waals surface area (Å²) in [5.41, 5.74) is 1.89. The van der Waals surface area contributed by atoms with E-state index >= 15 is 0 Å². The van der Waals surface area contributed by atoms with Gasteiger partial charge >= 0.3 is 5.97 Å². The second-order valence-electron chi connectivity index (χ2n) is 6.22. The lowest BCUT2D eigenvalue weighted by Gasteiger charge is -2.13. The fraction of sp³-hybridized carbons (Fsp3) is 0.211. The Kier molecular flexibility index (Phi) is 4.89. The number of carbonyl (C=O) groups excluding carboxylic acids is 2. The van der Waals surface area contributed by atoms with Gasteiger partial charge in [-0.1, -0.05) is 6.07 Å². The largest absolute Gasteiger partial charge is 0.423 e. The number of halogens is 2. The maximum atomic E-state index is 12.7. The molecular formula is C19H17F2N3O3. The number of imidazole rings is 1. The van der Waals surface area contributed by atoms with Gasteiger partial charge < -0.3 is 14.6 Å². The highest BCUT2D eigenvalue weighted by Gasteiger charge is 2.17. The number of hydrogen-bond acceptors (Lipinski definition) is 4. The van der Waals surface area contributed by atoms with E-state index in [0.717, 1.165) is 0 Å². The number of aryl methyl sites for hydroxylation is 1. The summed E-state index contributed by atoms with van der Waals surface area (Å²) < 4.78 is 30.9. The highest BCUT2D eigenvalue weighted by atomic mass is 19.3. The van der Waals surface area contributed by atoms with Crippen molar-refractivity contribution >= 4 is 22.9 Å². The molecular weight excluding hydrogens is 356 g/mol. The number of aromatic amines is 1. The Balaban J connectivity index is 1.87. The zero-order chi connectivity index (χ0) is 19.7. The normalized spacial score (nSPS) is 11.0. The number of alkyl halides is 2. The molecule has 27 heavy (non-hydrogen) atoms. The number of rotatable bonds is 4. The summed E-state index contributed by atoms with van der Waals surface area (Å²) in [6, 6.07) is 9.15. The van der Waals surface area contributed by atoms with E-state index in [2.05, 4.69) is 9.97 Å². The topological polar surface area (TPSA) is 75.3 Å². The maximum Gasteiger partial charge on any atom is 0.343 e. The second-order valence-corrected chi connectivity index (χ2v) is 6.22. The third-order valence-corrected chi connectivity index (χ3v) is 3.99. The van der Waals surface area contributed by atoms with E-state index in [9.17, 15) is 18.4 Å². The maximum absolute atomic E-state index is 12.7. The number of ether oxygens (including phenoxy) is 1. The van der Waals surface area contributed by atoms with Crippen LogP contribution in [-0.4, -0.2) is 40.8 Å². The molecule has 3 aromatic rings. The summed E-state index contributed by atoms with van der Waals surface area (Å²) in [7, 11) is 3.25. The van der Waals surface area contributed by atoms with Crippen molar-refractivity contribution in [1.82, 2.24) is 14.9 Å². The van der Waals surface area contributed by atoms with Gasteiger partial charge in [0.05, 0.1) is 16.6 Å². The molecule has 1 N–H and O–H groups in total. The van der Waals surface area contributed by atoms with Crippen LogP contribution in [0.3, 0.4) is 0 Å². The SMILES string of the molecule is Cc1ccc(C(=O)N(C)C)cc1OC(=O)c1ccc2nc(C(F)F)[nH]c2c1. The van der Waals surface area contributed by atoms with Gasteiger partial charge in [-0.25, -0.2) is 18.6 Å². The van der Waals surface area contributed by atoms with Crippen LogP contribution in [0.4, 0.5) is 8.78 Å². The Morgan fingerprint density at radius 3 is 2.48 bits per heavy atom. The third kappa shape index (κ3) is 3.79. The molecule has 0 bridgehead atoms. The van der Waals surface area contributed by atoms with Crippen LogP contribution >= 0.6 is 0 Å². The number of hydrogen-bond donors (Lipinski definition) is 1. The van der Waals surface area contributed by atoms with Gasteiger partial charge in [0.1, 0.15) is 5.75 Å². The molecule has 0 saturated heterocycles. The molecule has 0 saturated carbocycles. The van der Waals surface area contributed by atoms with Crippen molar-refractivity contribution in [1.29, 1.82) is 0 Å². The quantitative estimate of drug-likeness (QED) is 0.559. The molecule has 0 aliphatic rings. The number of carbonyl (C=O) groups is 2. The standard InChI is InChI=1S/C19H17F2N3O3/c1-10-4-5-11(18(25)24(2)3)9-15(10)27-19(26)12-6-7-13-14(8-12)23-17(22-13)16(20)21/h4-9,16H,1-3H3,(H,22,23). The average molecular weight is 373 g/mol. The van der Waals surface area contributed by atoms with Gasteiger partial charge in [-0.3, -0.25) is 4.79 Å². The van der Waals surface area contributed by atoms with E-state index in [0.29, 0.717) is 22.2 Å². The molecule has 0 fully saturated rings.